The number of nitrogens with one attached hydrogen (secondary N) is 1. The minimum Gasteiger partial charge on any atom is -0.548 e. The number of carbonyl (C=O) groups excluding carboxylic acids is 2. The number of carboxylic acids is 1. The predicted octanol–water partition coefficient (Wildman–Crippen LogP) is 0.271. The Hall–Kier alpha value is -2.68. The molecule has 0 heterocycles. The zero-order valence-corrected chi connectivity index (χ0v) is 12.8. The van der Waals surface area contributed by atoms with E-state index in [0.717, 1.165) is 12.1 Å². The van der Waals surface area contributed by atoms with Crippen molar-refractivity contribution in [1.82, 2.24) is 5.32 Å². The monoisotopic (exact) mass is 325 g/mol. The Kier molecular flexibility index (Phi) is 5.63. The smallest absolute Gasteiger partial charge is 0.408 e. The number of carbonyl (C=O) groups is 2. The summed E-state index contributed by atoms with van der Waals surface area (Å²) < 4.78 is 4.91. The van der Waals surface area contributed by atoms with Crippen molar-refractivity contribution in [1.29, 1.82) is 0 Å². The molecule has 9 nitrogen and oxygen atoms in total. The quantitative estimate of drug-likeness (QED) is 0.584. The van der Waals surface area contributed by atoms with Gasteiger partial charge in [-0.3, -0.25) is 10.1 Å². The Morgan fingerprint density at radius 3 is 2.17 bits per heavy atom. The summed E-state index contributed by atoms with van der Waals surface area (Å²) in [6.07, 6.45) is -2.69. The first kappa shape index (κ1) is 18.4. The molecule has 0 aliphatic carbocycles. The van der Waals surface area contributed by atoms with Crippen molar-refractivity contribution in [3.05, 3.63) is 39.9 Å². The van der Waals surface area contributed by atoms with Gasteiger partial charge < -0.3 is 25.1 Å². The highest BCUT2D eigenvalue weighted by Gasteiger charge is 2.27. The van der Waals surface area contributed by atoms with Gasteiger partial charge in [0.25, 0.3) is 5.69 Å². The highest BCUT2D eigenvalue weighted by Crippen LogP contribution is 2.20. The predicted molar refractivity (Wildman–Crippen MR) is 76.2 cm³/mol. The number of carboxylic acid groups (broad SMARTS) is 1. The third-order valence-corrected chi connectivity index (χ3v) is 2.69. The number of non-ortho nitro benzene ring substituents is 1. The molecule has 1 amide bonds. The highest BCUT2D eigenvalue weighted by molar-refractivity contribution is 5.79. The summed E-state index contributed by atoms with van der Waals surface area (Å²) in [6.45, 7) is 4.77. The maximum absolute atomic E-state index is 11.6. The second-order valence-corrected chi connectivity index (χ2v) is 5.74. The number of alkyl carbamates (subject to hydrolysis) is 1. The molecule has 1 rings (SSSR count). The Bertz CT molecular complexity index is 592. The second-order valence-electron chi connectivity index (χ2n) is 5.74. The number of nitro groups is 1. The number of amides is 1. The van der Waals surface area contributed by atoms with Gasteiger partial charge in [0.2, 0.25) is 0 Å². The number of rotatable bonds is 5. The van der Waals surface area contributed by atoms with Gasteiger partial charge in [0, 0.05) is 12.1 Å². The van der Waals surface area contributed by atoms with E-state index in [1.165, 1.54) is 12.1 Å². The van der Waals surface area contributed by atoms with Crippen LogP contribution in [0.2, 0.25) is 0 Å². The zero-order valence-electron chi connectivity index (χ0n) is 12.8. The Morgan fingerprint density at radius 1 is 1.26 bits per heavy atom. The molecular formula is C14H17N2O7-. The number of aliphatic hydroxyl groups is 1. The molecule has 23 heavy (non-hydrogen) atoms. The van der Waals surface area contributed by atoms with E-state index < -0.39 is 34.7 Å². The van der Waals surface area contributed by atoms with Crippen molar-refractivity contribution in [2.24, 2.45) is 0 Å². The fourth-order valence-corrected chi connectivity index (χ4v) is 1.69. The van der Waals surface area contributed by atoms with Gasteiger partial charge >= 0.3 is 6.09 Å². The van der Waals surface area contributed by atoms with Gasteiger partial charge in [-0.1, -0.05) is 0 Å². The van der Waals surface area contributed by atoms with Gasteiger partial charge in [-0.25, -0.2) is 4.79 Å². The van der Waals surface area contributed by atoms with Gasteiger partial charge in [0.15, 0.2) is 0 Å². The van der Waals surface area contributed by atoms with Crippen molar-refractivity contribution >= 4 is 17.7 Å². The second kappa shape index (κ2) is 7.05. The molecule has 0 aliphatic rings. The molecule has 0 saturated heterocycles. The number of aliphatic carboxylic acids is 1. The average molecular weight is 325 g/mol. The van der Waals surface area contributed by atoms with Crippen molar-refractivity contribution in [3.63, 3.8) is 0 Å². The number of benzene rings is 1. The van der Waals surface area contributed by atoms with Crippen LogP contribution in [0.15, 0.2) is 24.3 Å². The molecule has 0 radical (unpaired) electrons. The SMILES string of the molecule is CC(C)(C)OC(=O)N[C@H](C(=O)[O-])[C@H](O)c1ccc([N+](=O)[O-])cc1. The Labute approximate surface area is 132 Å². The van der Waals surface area contributed by atoms with Crippen LogP contribution in [0.5, 0.6) is 0 Å². The summed E-state index contributed by atoms with van der Waals surface area (Å²) in [5, 5.41) is 33.8. The van der Waals surface area contributed by atoms with Crippen LogP contribution in [0.3, 0.4) is 0 Å². The van der Waals surface area contributed by atoms with E-state index in [-0.39, 0.29) is 11.3 Å². The largest absolute Gasteiger partial charge is 0.548 e. The summed E-state index contributed by atoms with van der Waals surface area (Å²) in [5.74, 6) is -1.72. The van der Waals surface area contributed by atoms with Crippen molar-refractivity contribution in [2.45, 2.75) is 38.5 Å². The van der Waals surface area contributed by atoms with Gasteiger partial charge in [0.1, 0.15) is 17.7 Å². The fourth-order valence-electron chi connectivity index (χ4n) is 1.69. The van der Waals surface area contributed by atoms with E-state index in [0.29, 0.717) is 0 Å². The van der Waals surface area contributed by atoms with E-state index in [1.807, 2.05) is 5.32 Å². The van der Waals surface area contributed by atoms with Crippen molar-refractivity contribution in [2.75, 3.05) is 0 Å². The molecule has 0 fully saturated rings. The lowest BCUT2D eigenvalue weighted by molar-refractivity contribution is -0.384. The lowest BCUT2D eigenvalue weighted by atomic mass is 10.0. The highest BCUT2D eigenvalue weighted by atomic mass is 16.6. The summed E-state index contributed by atoms with van der Waals surface area (Å²) in [6, 6.07) is 2.83. The number of nitrogens with zero attached hydrogens (tertiary/aromatic N) is 1. The fraction of sp³-hybridized carbons (Fsp3) is 0.429. The summed E-state index contributed by atoms with van der Waals surface area (Å²) in [5.41, 5.74) is -0.995. The number of nitro benzene ring substituents is 1. The first-order valence-corrected chi connectivity index (χ1v) is 6.64. The third-order valence-electron chi connectivity index (χ3n) is 2.69. The number of hydrogen-bond donors (Lipinski definition) is 2. The van der Waals surface area contributed by atoms with Crippen molar-refractivity contribution in [3.8, 4) is 0 Å². The van der Waals surface area contributed by atoms with Crippen LogP contribution < -0.4 is 10.4 Å². The average Bonchev–Trinajstić information content (AvgIpc) is 2.42. The maximum atomic E-state index is 11.6. The Balaban J connectivity index is 2.90. The molecule has 1 aromatic carbocycles. The Morgan fingerprint density at radius 2 is 1.78 bits per heavy atom. The molecular weight excluding hydrogens is 308 g/mol. The van der Waals surface area contributed by atoms with Crippen LogP contribution in [0.1, 0.15) is 32.4 Å². The van der Waals surface area contributed by atoms with Crippen LogP contribution in [-0.4, -0.2) is 33.7 Å². The lowest BCUT2D eigenvalue weighted by Gasteiger charge is -2.27. The number of ether oxygens (including phenoxy) is 1. The van der Waals surface area contributed by atoms with Crippen LogP contribution in [0, 0.1) is 10.1 Å². The summed E-state index contributed by atoms with van der Waals surface area (Å²) >= 11 is 0. The van der Waals surface area contributed by atoms with Gasteiger partial charge in [-0.15, -0.1) is 0 Å². The molecule has 0 aliphatic heterocycles. The van der Waals surface area contributed by atoms with E-state index in [2.05, 4.69) is 0 Å². The maximum Gasteiger partial charge on any atom is 0.408 e. The minimum atomic E-state index is -1.77. The molecule has 0 unspecified atom stereocenters. The topological polar surface area (TPSA) is 142 Å². The molecule has 0 bridgehead atoms. The van der Waals surface area contributed by atoms with E-state index in [1.54, 1.807) is 20.8 Å². The molecule has 2 atom stereocenters. The molecule has 126 valence electrons. The molecule has 0 saturated carbocycles. The molecule has 1 aromatic rings. The molecule has 9 heteroatoms. The zero-order chi connectivity index (χ0) is 17.8. The lowest BCUT2D eigenvalue weighted by Crippen LogP contribution is -2.52. The van der Waals surface area contributed by atoms with Gasteiger partial charge in [0.05, 0.1) is 10.9 Å². The van der Waals surface area contributed by atoms with E-state index in [9.17, 15) is 29.9 Å². The first-order chi connectivity index (χ1) is 10.5. The molecule has 0 aromatic heterocycles. The number of aliphatic hydroxyl groups excluding tert-OH is 1. The van der Waals surface area contributed by atoms with Crippen LogP contribution in [0.25, 0.3) is 0 Å². The van der Waals surface area contributed by atoms with E-state index >= 15 is 0 Å². The van der Waals surface area contributed by atoms with Crippen LogP contribution >= 0.6 is 0 Å². The number of hydrogen-bond acceptors (Lipinski definition) is 7. The van der Waals surface area contributed by atoms with Crippen molar-refractivity contribution < 1.29 is 29.5 Å². The summed E-state index contributed by atoms with van der Waals surface area (Å²) in [4.78, 5) is 32.7. The molecule has 2 N–H and O–H groups in total. The third kappa shape index (κ3) is 5.55. The van der Waals surface area contributed by atoms with E-state index in [4.69, 9.17) is 4.74 Å². The van der Waals surface area contributed by atoms with Crippen LogP contribution in [0.4, 0.5) is 10.5 Å². The van der Waals surface area contributed by atoms with Crippen LogP contribution in [-0.2, 0) is 9.53 Å². The minimum absolute atomic E-state index is 0.0702. The normalized spacial score (nSPS) is 13.7. The molecule has 0 spiro atoms. The first-order valence-electron chi connectivity index (χ1n) is 6.64. The van der Waals surface area contributed by atoms with Gasteiger partial charge in [-0.2, -0.15) is 0 Å². The standard InChI is InChI=1S/C14H18N2O7/c1-14(2,3)23-13(20)15-10(12(18)19)11(17)8-4-6-9(7-5-8)16(21)22/h4-7,10-11,17H,1-3H3,(H,15,20)(H,18,19)/p-1/t10-,11+/m0/s1. The van der Waals surface area contributed by atoms with Gasteiger partial charge in [-0.05, 0) is 38.5 Å². The summed E-state index contributed by atoms with van der Waals surface area (Å²) in [7, 11) is 0.